The maximum Gasteiger partial charge on any atom is 0.139 e. The van der Waals surface area contributed by atoms with E-state index in [4.69, 9.17) is 5.73 Å². The predicted octanol–water partition coefficient (Wildman–Crippen LogP) is 4.11. The van der Waals surface area contributed by atoms with Gasteiger partial charge in [-0.25, -0.2) is 8.78 Å². The van der Waals surface area contributed by atoms with Crippen molar-refractivity contribution >= 4 is 11.8 Å². The molecule has 0 saturated heterocycles. The van der Waals surface area contributed by atoms with E-state index in [1.54, 1.807) is 0 Å². The van der Waals surface area contributed by atoms with Gasteiger partial charge in [0.1, 0.15) is 11.6 Å². The van der Waals surface area contributed by atoms with Crippen molar-refractivity contribution in [2.75, 3.05) is 0 Å². The van der Waals surface area contributed by atoms with E-state index in [1.807, 2.05) is 0 Å². The third-order valence-electron chi connectivity index (χ3n) is 3.43. The summed E-state index contributed by atoms with van der Waals surface area (Å²) in [5, 5.41) is 0.241. The van der Waals surface area contributed by atoms with Crippen molar-refractivity contribution in [3.8, 4) is 0 Å². The lowest BCUT2D eigenvalue weighted by Crippen LogP contribution is -2.33. The molecule has 100 valence electrons. The Bertz CT molecular complexity index is 397. The molecule has 0 spiro atoms. The summed E-state index contributed by atoms with van der Waals surface area (Å²) in [6, 6.07) is 3.87. The molecule has 0 aliphatic heterocycles. The van der Waals surface area contributed by atoms with Crippen molar-refractivity contribution in [1.82, 2.24) is 0 Å². The number of nitrogens with two attached hydrogens (primary N) is 1. The smallest absolute Gasteiger partial charge is 0.139 e. The lowest BCUT2D eigenvalue weighted by atomic mass is 9.97. The lowest BCUT2D eigenvalue weighted by molar-refractivity contribution is 0.462. The van der Waals surface area contributed by atoms with E-state index in [1.165, 1.54) is 36.7 Å². The first kappa shape index (κ1) is 13.8. The maximum absolute atomic E-state index is 13.6. The molecule has 1 nitrogen and oxygen atoms in total. The highest BCUT2D eigenvalue weighted by Crippen LogP contribution is 2.33. The monoisotopic (exact) mass is 271 g/mol. The zero-order valence-corrected chi connectivity index (χ0v) is 11.2. The average Bonchev–Trinajstić information content (AvgIpc) is 2.31. The number of thioether (sulfide) groups is 1. The Labute approximate surface area is 111 Å². The van der Waals surface area contributed by atoms with E-state index < -0.39 is 11.6 Å². The molecule has 1 aliphatic carbocycles. The van der Waals surface area contributed by atoms with Crippen molar-refractivity contribution < 1.29 is 8.78 Å². The molecule has 0 amide bonds. The minimum Gasteiger partial charge on any atom is -0.327 e. The first-order chi connectivity index (χ1) is 8.66. The fourth-order valence-corrected chi connectivity index (χ4v) is 3.60. The van der Waals surface area contributed by atoms with Gasteiger partial charge in [0.2, 0.25) is 0 Å². The molecule has 2 atom stereocenters. The molecule has 1 fully saturated rings. The van der Waals surface area contributed by atoms with Crippen LogP contribution in [0.1, 0.15) is 38.5 Å². The molecule has 4 heteroatoms. The summed E-state index contributed by atoms with van der Waals surface area (Å²) in [6.07, 6.45) is 6.80. The van der Waals surface area contributed by atoms with Crippen molar-refractivity contribution in [3.05, 3.63) is 29.8 Å². The Morgan fingerprint density at radius 1 is 1.06 bits per heavy atom. The summed E-state index contributed by atoms with van der Waals surface area (Å²) in [5.41, 5.74) is 6.16. The molecule has 2 rings (SSSR count). The van der Waals surface area contributed by atoms with E-state index in [0.29, 0.717) is 4.90 Å². The van der Waals surface area contributed by atoms with Gasteiger partial charge in [-0.15, -0.1) is 11.8 Å². The van der Waals surface area contributed by atoms with Crippen LogP contribution in [0, 0.1) is 11.6 Å². The lowest BCUT2D eigenvalue weighted by Gasteiger charge is -2.25. The summed E-state index contributed by atoms with van der Waals surface area (Å²) < 4.78 is 26.5. The summed E-state index contributed by atoms with van der Waals surface area (Å²) in [7, 11) is 0. The number of rotatable bonds is 2. The van der Waals surface area contributed by atoms with E-state index in [2.05, 4.69) is 0 Å². The maximum atomic E-state index is 13.6. The molecule has 1 saturated carbocycles. The van der Waals surface area contributed by atoms with Gasteiger partial charge >= 0.3 is 0 Å². The van der Waals surface area contributed by atoms with Gasteiger partial charge in [0.25, 0.3) is 0 Å². The topological polar surface area (TPSA) is 26.0 Å². The number of hydrogen-bond acceptors (Lipinski definition) is 2. The summed E-state index contributed by atoms with van der Waals surface area (Å²) in [4.78, 5) is 0.512. The molecule has 0 radical (unpaired) electrons. The van der Waals surface area contributed by atoms with E-state index in [9.17, 15) is 8.78 Å². The van der Waals surface area contributed by atoms with Gasteiger partial charge in [-0.3, -0.25) is 0 Å². The van der Waals surface area contributed by atoms with Gasteiger partial charge in [-0.2, -0.15) is 0 Å². The van der Waals surface area contributed by atoms with Crippen LogP contribution in [-0.2, 0) is 0 Å². The molecule has 0 aromatic heterocycles. The molecule has 0 bridgehead atoms. The van der Waals surface area contributed by atoms with Crippen LogP contribution in [0.25, 0.3) is 0 Å². The second-order valence-corrected chi connectivity index (χ2v) is 6.17. The SMILES string of the molecule is NC1CCCCCCC1Sc1ccc(F)cc1F. The third-order valence-corrected chi connectivity index (χ3v) is 4.90. The van der Waals surface area contributed by atoms with E-state index >= 15 is 0 Å². The Morgan fingerprint density at radius 3 is 2.50 bits per heavy atom. The zero-order chi connectivity index (χ0) is 13.0. The standard InChI is InChI=1S/C14H19F2NS/c15-10-7-8-13(11(16)9-10)18-14-6-4-2-1-3-5-12(14)17/h7-9,12,14H,1-6,17H2. The normalized spacial score (nSPS) is 25.5. The molecule has 0 heterocycles. The van der Waals surface area contributed by atoms with Crippen LogP contribution in [0.5, 0.6) is 0 Å². The van der Waals surface area contributed by atoms with Crippen LogP contribution < -0.4 is 5.73 Å². The highest BCUT2D eigenvalue weighted by atomic mass is 32.2. The van der Waals surface area contributed by atoms with Crippen LogP contribution in [0.15, 0.2) is 23.1 Å². The number of benzene rings is 1. The highest BCUT2D eigenvalue weighted by molar-refractivity contribution is 8.00. The molecular formula is C14H19F2NS. The van der Waals surface area contributed by atoms with E-state index in [-0.39, 0.29) is 11.3 Å². The van der Waals surface area contributed by atoms with Gasteiger partial charge in [-0.1, -0.05) is 25.7 Å². The Hall–Kier alpha value is -0.610. The molecule has 1 aromatic carbocycles. The fourth-order valence-electron chi connectivity index (χ4n) is 2.36. The number of hydrogen-bond donors (Lipinski definition) is 1. The molecule has 2 unspecified atom stereocenters. The highest BCUT2D eigenvalue weighted by Gasteiger charge is 2.21. The summed E-state index contributed by atoms with van der Waals surface area (Å²) >= 11 is 1.46. The van der Waals surface area contributed by atoms with Crippen molar-refractivity contribution in [2.24, 2.45) is 5.73 Å². The van der Waals surface area contributed by atoms with E-state index in [0.717, 1.165) is 31.7 Å². The van der Waals surface area contributed by atoms with Crippen LogP contribution in [0.4, 0.5) is 8.78 Å². The van der Waals surface area contributed by atoms with Crippen molar-refractivity contribution in [3.63, 3.8) is 0 Å². The number of halogens is 2. The summed E-state index contributed by atoms with van der Waals surface area (Å²) in [6.45, 7) is 0. The van der Waals surface area contributed by atoms with Crippen LogP contribution in [0.2, 0.25) is 0 Å². The molecule has 1 aromatic rings. The Morgan fingerprint density at radius 2 is 1.78 bits per heavy atom. The summed E-state index contributed by atoms with van der Waals surface area (Å²) in [5.74, 6) is -1.01. The van der Waals surface area contributed by atoms with Gasteiger partial charge < -0.3 is 5.73 Å². The third kappa shape index (κ3) is 3.69. The molecule has 1 aliphatic rings. The van der Waals surface area contributed by atoms with Crippen LogP contribution in [-0.4, -0.2) is 11.3 Å². The quantitative estimate of drug-likeness (QED) is 0.876. The van der Waals surface area contributed by atoms with Crippen molar-refractivity contribution in [2.45, 2.75) is 54.7 Å². The largest absolute Gasteiger partial charge is 0.327 e. The van der Waals surface area contributed by atoms with Gasteiger partial charge in [0.15, 0.2) is 0 Å². The molecule has 2 N–H and O–H groups in total. The van der Waals surface area contributed by atoms with Gasteiger partial charge in [0.05, 0.1) is 0 Å². The van der Waals surface area contributed by atoms with Crippen LogP contribution in [0.3, 0.4) is 0 Å². The first-order valence-electron chi connectivity index (χ1n) is 6.54. The Kier molecular flexibility index (Phi) is 5.01. The Balaban J connectivity index is 2.05. The average molecular weight is 271 g/mol. The van der Waals surface area contributed by atoms with Gasteiger partial charge in [-0.05, 0) is 25.0 Å². The zero-order valence-electron chi connectivity index (χ0n) is 10.4. The van der Waals surface area contributed by atoms with Gasteiger partial charge in [0, 0.05) is 22.3 Å². The van der Waals surface area contributed by atoms with Crippen LogP contribution >= 0.6 is 11.8 Å². The second-order valence-electron chi connectivity index (χ2n) is 4.89. The second kappa shape index (κ2) is 6.53. The first-order valence-corrected chi connectivity index (χ1v) is 7.42. The molecular weight excluding hydrogens is 252 g/mol. The van der Waals surface area contributed by atoms with Crippen molar-refractivity contribution in [1.29, 1.82) is 0 Å². The predicted molar refractivity (Wildman–Crippen MR) is 71.7 cm³/mol. The minimum absolute atomic E-state index is 0.111. The molecule has 18 heavy (non-hydrogen) atoms. The minimum atomic E-state index is -0.529. The fraction of sp³-hybridized carbons (Fsp3) is 0.571.